The highest BCUT2D eigenvalue weighted by Gasteiger charge is 2.08. The number of hydrogen-bond acceptors (Lipinski definition) is 5. The number of amides is 2. The van der Waals surface area contributed by atoms with E-state index in [9.17, 15) is 9.59 Å². The minimum absolute atomic E-state index is 0.190. The second-order valence-electron chi connectivity index (χ2n) is 7.17. The van der Waals surface area contributed by atoms with Crippen molar-refractivity contribution in [2.45, 2.75) is 13.5 Å². The maximum Gasteiger partial charge on any atom is 0.259 e. The van der Waals surface area contributed by atoms with Crippen molar-refractivity contribution in [1.29, 1.82) is 0 Å². The number of halogens is 1. The summed E-state index contributed by atoms with van der Waals surface area (Å²) in [5, 5.41) is 7.15. The maximum atomic E-state index is 12.1. The number of nitrogens with zero attached hydrogens (tertiary/aromatic N) is 1. The molecule has 33 heavy (non-hydrogen) atoms. The third-order valence-electron chi connectivity index (χ3n) is 4.62. The maximum absolute atomic E-state index is 12.1. The molecule has 3 rings (SSSR count). The van der Waals surface area contributed by atoms with E-state index in [-0.39, 0.29) is 12.5 Å². The highest BCUT2D eigenvalue weighted by atomic mass is 35.5. The van der Waals surface area contributed by atoms with Gasteiger partial charge in [-0.2, -0.15) is 5.10 Å². The van der Waals surface area contributed by atoms with Crippen LogP contribution in [-0.2, 0) is 11.4 Å². The smallest absolute Gasteiger partial charge is 0.259 e. The van der Waals surface area contributed by atoms with E-state index in [4.69, 9.17) is 21.1 Å². The molecule has 8 heteroatoms. The molecule has 2 amide bonds. The first-order chi connectivity index (χ1) is 15.9. The van der Waals surface area contributed by atoms with Crippen LogP contribution >= 0.6 is 11.6 Å². The SMILES string of the molecule is COc1cc(/C=N/NC(=O)CNC(=O)c2ccc(C)cc2)ccc1OCc1ccc(Cl)cc1. The molecule has 0 unspecified atom stereocenters. The molecule has 0 aliphatic carbocycles. The van der Waals surface area contributed by atoms with Gasteiger partial charge in [0.2, 0.25) is 0 Å². The highest BCUT2D eigenvalue weighted by molar-refractivity contribution is 6.30. The molecule has 0 aliphatic rings. The molecule has 0 radical (unpaired) electrons. The Morgan fingerprint density at radius 1 is 1.00 bits per heavy atom. The largest absolute Gasteiger partial charge is 0.493 e. The quantitative estimate of drug-likeness (QED) is 0.367. The Morgan fingerprint density at radius 3 is 2.42 bits per heavy atom. The van der Waals surface area contributed by atoms with Gasteiger partial charge in [-0.1, -0.05) is 41.4 Å². The van der Waals surface area contributed by atoms with E-state index < -0.39 is 5.91 Å². The van der Waals surface area contributed by atoms with Gasteiger partial charge in [-0.25, -0.2) is 5.43 Å². The number of benzene rings is 3. The molecule has 0 saturated heterocycles. The first kappa shape index (κ1) is 23.8. The lowest BCUT2D eigenvalue weighted by Crippen LogP contribution is -2.34. The summed E-state index contributed by atoms with van der Waals surface area (Å²) in [6.45, 7) is 2.11. The molecule has 0 bridgehead atoms. The molecule has 0 aliphatic heterocycles. The van der Waals surface area contributed by atoms with Gasteiger partial charge >= 0.3 is 0 Å². The van der Waals surface area contributed by atoms with Crippen molar-refractivity contribution in [2.75, 3.05) is 13.7 Å². The number of carbonyl (C=O) groups is 2. The Morgan fingerprint density at radius 2 is 1.73 bits per heavy atom. The second-order valence-corrected chi connectivity index (χ2v) is 7.60. The lowest BCUT2D eigenvalue weighted by molar-refractivity contribution is -0.120. The molecule has 0 fully saturated rings. The molecule has 7 nitrogen and oxygen atoms in total. The van der Waals surface area contributed by atoms with Crippen molar-refractivity contribution in [1.82, 2.24) is 10.7 Å². The summed E-state index contributed by atoms with van der Waals surface area (Å²) in [4.78, 5) is 24.0. The lowest BCUT2D eigenvalue weighted by atomic mass is 10.1. The Balaban J connectivity index is 1.49. The zero-order chi connectivity index (χ0) is 23.6. The van der Waals surface area contributed by atoms with Gasteiger partial charge in [-0.05, 0) is 60.5 Å². The summed E-state index contributed by atoms with van der Waals surface area (Å²) in [6.07, 6.45) is 1.48. The van der Waals surface area contributed by atoms with Crippen LogP contribution in [0.1, 0.15) is 27.0 Å². The average molecular weight is 466 g/mol. The Bertz CT molecular complexity index is 1130. The molecule has 0 atom stereocenters. The molecule has 3 aromatic carbocycles. The van der Waals surface area contributed by atoms with Crippen molar-refractivity contribution in [3.05, 3.63) is 94.0 Å². The van der Waals surface area contributed by atoms with Crippen LogP contribution in [0.4, 0.5) is 0 Å². The molecule has 2 N–H and O–H groups in total. The van der Waals surface area contributed by atoms with Gasteiger partial charge in [0, 0.05) is 10.6 Å². The van der Waals surface area contributed by atoms with Gasteiger partial charge in [-0.15, -0.1) is 0 Å². The summed E-state index contributed by atoms with van der Waals surface area (Å²) in [5.41, 5.74) is 5.60. The average Bonchev–Trinajstić information content (AvgIpc) is 2.83. The molecule has 0 spiro atoms. The molecule has 0 heterocycles. The predicted molar refractivity (Wildman–Crippen MR) is 128 cm³/mol. The molecular formula is C25H24ClN3O4. The lowest BCUT2D eigenvalue weighted by Gasteiger charge is -2.11. The van der Waals surface area contributed by atoms with Crippen LogP contribution in [0.15, 0.2) is 71.8 Å². The summed E-state index contributed by atoms with van der Waals surface area (Å²) in [7, 11) is 1.55. The van der Waals surface area contributed by atoms with Gasteiger partial charge < -0.3 is 14.8 Å². The number of carbonyl (C=O) groups excluding carboxylic acids is 2. The minimum Gasteiger partial charge on any atom is -0.493 e. The monoisotopic (exact) mass is 465 g/mol. The first-order valence-corrected chi connectivity index (χ1v) is 10.5. The van der Waals surface area contributed by atoms with Crippen molar-refractivity contribution >= 4 is 29.6 Å². The molecule has 0 aromatic heterocycles. The number of nitrogens with one attached hydrogen (secondary N) is 2. The van der Waals surface area contributed by atoms with Gasteiger partial charge in [0.05, 0.1) is 19.9 Å². The fourth-order valence-corrected chi connectivity index (χ4v) is 2.94. The second kappa shape index (κ2) is 11.7. The first-order valence-electron chi connectivity index (χ1n) is 10.2. The zero-order valence-electron chi connectivity index (χ0n) is 18.3. The summed E-state index contributed by atoms with van der Waals surface area (Å²) in [6, 6.07) is 19.8. The van der Waals surface area contributed by atoms with Crippen LogP contribution < -0.4 is 20.2 Å². The van der Waals surface area contributed by atoms with Gasteiger partial charge in [-0.3, -0.25) is 9.59 Å². The summed E-state index contributed by atoms with van der Waals surface area (Å²) < 4.78 is 11.2. The fraction of sp³-hybridized carbons (Fsp3) is 0.160. The van der Waals surface area contributed by atoms with Crippen LogP contribution in [-0.4, -0.2) is 31.7 Å². The van der Waals surface area contributed by atoms with E-state index in [1.54, 1.807) is 49.6 Å². The Kier molecular flexibility index (Phi) is 8.43. The molecule has 3 aromatic rings. The topological polar surface area (TPSA) is 89.0 Å². The molecule has 0 saturated carbocycles. The number of ether oxygens (including phenoxy) is 2. The van der Waals surface area contributed by atoms with E-state index in [1.165, 1.54) is 6.21 Å². The van der Waals surface area contributed by atoms with Crippen LogP contribution in [0.25, 0.3) is 0 Å². The third-order valence-corrected chi connectivity index (χ3v) is 4.87. The van der Waals surface area contributed by atoms with Crippen LogP contribution in [0.3, 0.4) is 0 Å². The van der Waals surface area contributed by atoms with E-state index in [0.717, 1.165) is 11.1 Å². The fourth-order valence-electron chi connectivity index (χ4n) is 2.81. The van der Waals surface area contributed by atoms with Gasteiger partial charge in [0.15, 0.2) is 11.5 Å². The number of rotatable bonds is 9. The highest BCUT2D eigenvalue weighted by Crippen LogP contribution is 2.28. The van der Waals surface area contributed by atoms with Crippen molar-refractivity contribution in [3.8, 4) is 11.5 Å². The van der Waals surface area contributed by atoms with Crippen LogP contribution in [0.2, 0.25) is 5.02 Å². The van der Waals surface area contributed by atoms with Crippen molar-refractivity contribution in [3.63, 3.8) is 0 Å². The Labute approximate surface area is 197 Å². The van der Waals surface area contributed by atoms with Crippen LogP contribution in [0, 0.1) is 6.92 Å². The molecular weight excluding hydrogens is 442 g/mol. The normalized spacial score (nSPS) is 10.6. The Hall–Kier alpha value is -3.84. The van der Waals surface area contributed by atoms with Crippen molar-refractivity contribution < 1.29 is 19.1 Å². The van der Waals surface area contributed by atoms with E-state index in [2.05, 4.69) is 15.8 Å². The third kappa shape index (κ3) is 7.36. The standard InChI is InChI=1S/C25H24ClN3O4/c1-17-3-8-20(9-4-17)25(31)27-15-24(30)29-28-14-19-7-12-22(23(13-19)32-2)33-16-18-5-10-21(26)11-6-18/h3-14H,15-16H2,1-2H3,(H,27,31)(H,29,30)/b28-14+. The van der Waals surface area contributed by atoms with Gasteiger partial charge in [0.1, 0.15) is 6.61 Å². The summed E-state index contributed by atoms with van der Waals surface area (Å²) in [5.74, 6) is 0.340. The summed E-state index contributed by atoms with van der Waals surface area (Å²) >= 11 is 5.90. The number of hydrogen-bond donors (Lipinski definition) is 2. The molecule has 170 valence electrons. The zero-order valence-corrected chi connectivity index (χ0v) is 19.1. The number of aryl methyl sites for hydroxylation is 1. The van der Waals surface area contributed by atoms with E-state index in [1.807, 2.05) is 31.2 Å². The number of hydrazone groups is 1. The van der Waals surface area contributed by atoms with Crippen LogP contribution in [0.5, 0.6) is 11.5 Å². The van der Waals surface area contributed by atoms with E-state index >= 15 is 0 Å². The van der Waals surface area contributed by atoms with E-state index in [0.29, 0.717) is 34.3 Å². The number of methoxy groups -OCH3 is 1. The van der Waals surface area contributed by atoms with Gasteiger partial charge in [0.25, 0.3) is 11.8 Å². The minimum atomic E-state index is -0.443. The van der Waals surface area contributed by atoms with Crippen molar-refractivity contribution in [2.24, 2.45) is 5.10 Å². The predicted octanol–water partition coefficient (Wildman–Crippen LogP) is 4.12.